The summed E-state index contributed by atoms with van der Waals surface area (Å²) in [5, 5.41) is 1.23. The Morgan fingerprint density at radius 2 is 1.79 bits per heavy atom. The maximum atomic E-state index is 5.86. The maximum absolute atomic E-state index is 5.86. The van der Waals surface area contributed by atoms with Crippen molar-refractivity contribution in [2.45, 2.75) is 13.3 Å². The van der Waals surface area contributed by atoms with Gasteiger partial charge >= 0.3 is 0 Å². The molecule has 19 heavy (non-hydrogen) atoms. The molecule has 1 aromatic heterocycles. The fraction of sp³-hybridized carbons (Fsp3) is 0.176. The van der Waals surface area contributed by atoms with E-state index in [2.05, 4.69) is 48.3 Å². The number of H-pyrrole nitrogens is 1. The number of hydrogen-bond donors (Lipinski definition) is 1. The van der Waals surface area contributed by atoms with Crippen LogP contribution >= 0.6 is 0 Å². The minimum Gasteiger partial charge on any atom is -0.493 e. The van der Waals surface area contributed by atoms with E-state index >= 15 is 0 Å². The summed E-state index contributed by atoms with van der Waals surface area (Å²) in [6, 6.07) is 16.7. The summed E-state index contributed by atoms with van der Waals surface area (Å²) in [5.41, 5.74) is 3.52. The van der Waals surface area contributed by atoms with Crippen LogP contribution in [-0.2, 0) is 0 Å². The molecule has 1 heterocycles. The molecule has 0 atom stereocenters. The van der Waals surface area contributed by atoms with Crippen LogP contribution in [0.3, 0.4) is 0 Å². The molecule has 0 bridgehead atoms. The lowest BCUT2D eigenvalue weighted by atomic mass is 10.0. The Balaban J connectivity index is 2.13. The fourth-order valence-electron chi connectivity index (χ4n) is 2.35. The molecule has 0 spiro atoms. The number of rotatable bonds is 4. The maximum Gasteiger partial charge on any atom is 0.127 e. The van der Waals surface area contributed by atoms with Crippen molar-refractivity contribution < 1.29 is 4.74 Å². The van der Waals surface area contributed by atoms with Crippen LogP contribution in [0.25, 0.3) is 22.0 Å². The quantitative estimate of drug-likeness (QED) is 0.718. The summed E-state index contributed by atoms with van der Waals surface area (Å²) in [4.78, 5) is 3.25. The van der Waals surface area contributed by atoms with E-state index in [1.165, 1.54) is 10.9 Å². The molecule has 0 saturated heterocycles. The van der Waals surface area contributed by atoms with Gasteiger partial charge in [0.05, 0.1) is 6.61 Å². The molecule has 0 saturated carbocycles. The van der Waals surface area contributed by atoms with Crippen LogP contribution in [0.4, 0.5) is 0 Å². The second-order valence-electron chi connectivity index (χ2n) is 4.59. The van der Waals surface area contributed by atoms with Gasteiger partial charge in [-0.3, -0.25) is 0 Å². The van der Waals surface area contributed by atoms with Gasteiger partial charge in [-0.15, -0.1) is 0 Å². The number of nitrogens with one attached hydrogen (secondary N) is 1. The molecule has 0 aliphatic heterocycles. The molecule has 0 amide bonds. The highest BCUT2D eigenvalue weighted by atomic mass is 16.5. The third-order valence-corrected chi connectivity index (χ3v) is 3.23. The molecule has 96 valence electrons. The van der Waals surface area contributed by atoms with Crippen molar-refractivity contribution in [3.8, 4) is 16.9 Å². The topological polar surface area (TPSA) is 25.0 Å². The van der Waals surface area contributed by atoms with Crippen molar-refractivity contribution in [2.75, 3.05) is 6.61 Å². The van der Waals surface area contributed by atoms with Crippen molar-refractivity contribution in [1.82, 2.24) is 4.98 Å². The Labute approximate surface area is 113 Å². The molecule has 3 aromatic rings. The third kappa shape index (κ3) is 2.22. The third-order valence-electron chi connectivity index (χ3n) is 3.23. The predicted octanol–water partition coefficient (Wildman–Crippen LogP) is 4.62. The average molecular weight is 251 g/mol. The first kappa shape index (κ1) is 11.8. The highest BCUT2D eigenvalue weighted by Gasteiger charge is 2.09. The van der Waals surface area contributed by atoms with Gasteiger partial charge in [0, 0.05) is 22.7 Å². The molecule has 2 nitrogen and oxygen atoms in total. The zero-order valence-corrected chi connectivity index (χ0v) is 11.0. The first-order chi connectivity index (χ1) is 9.40. The highest BCUT2D eigenvalue weighted by Crippen LogP contribution is 2.34. The lowest BCUT2D eigenvalue weighted by molar-refractivity contribution is 0.319. The largest absolute Gasteiger partial charge is 0.493 e. The Kier molecular flexibility index (Phi) is 3.23. The molecule has 3 rings (SSSR count). The molecular formula is C17H17NO. The molecule has 0 unspecified atom stereocenters. The standard InChI is InChI=1S/C17H17NO/c1-2-12-19-17-9-4-3-6-15(17)13-7-5-8-16-14(13)10-11-18-16/h3-11,18H,2,12H2,1H3. The number of para-hydroxylation sites is 1. The normalized spacial score (nSPS) is 10.8. The molecule has 0 fully saturated rings. The van der Waals surface area contributed by atoms with Crippen LogP contribution in [-0.4, -0.2) is 11.6 Å². The fourth-order valence-corrected chi connectivity index (χ4v) is 2.35. The van der Waals surface area contributed by atoms with Gasteiger partial charge in [0.25, 0.3) is 0 Å². The van der Waals surface area contributed by atoms with E-state index in [1.54, 1.807) is 0 Å². The molecule has 2 heteroatoms. The van der Waals surface area contributed by atoms with Gasteiger partial charge in [-0.2, -0.15) is 0 Å². The van der Waals surface area contributed by atoms with E-state index in [4.69, 9.17) is 4.74 Å². The van der Waals surface area contributed by atoms with Crippen LogP contribution in [0.15, 0.2) is 54.7 Å². The summed E-state index contributed by atoms with van der Waals surface area (Å²) in [5.74, 6) is 0.957. The number of ether oxygens (including phenoxy) is 1. The first-order valence-corrected chi connectivity index (χ1v) is 6.68. The lowest BCUT2D eigenvalue weighted by Crippen LogP contribution is -1.96. The van der Waals surface area contributed by atoms with Gasteiger partial charge in [0.15, 0.2) is 0 Å². The lowest BCUT2D eigenvalue weighted by Gasteiger charge is -2.11. The van der Waals surface area contributed by atoms with E-state index in [-0.39, 0.29) is 0 Å². The molecule has 0 aliphatic rings. The van der Waals surface area contributed by atoms with Gasteiger partial charge in [-0.05, 0) is 30.2 Å². The number of benzene rings is 2. The van der Waals surface area contributed by atoms with Crippen molar-refractivity contribution in [3.05, 3.63) is 54.7 Å². The Morgan fingerprint density at radius 3 is 2.68 bits per heavy atom. The van der Waals surface area contributed by atoms with Gasteiger partial charge < -0.3 is 9.72 Å². The zero-order valence-electron chi connectivity index (χ0n) is 11.0. The number of fused-ring (bicyclic) bond motifs is 1. The Bertz CT molecular complexity index is 684. The number of aromatic amines is 1. The van der Waals surface area contributed by atoms with E-state index in [1.807, 2.05) is 18.3 Å². The summed E-state index contributed by atoms with van der Waals surface area (Å²) >= 11 is 0. The molecule has 2 aromatic carbocycles. The van der Waals surface area contributed by atoms with Crippen LogP contribution in [0, 0.1) is 0 Å². The zero-order chi connectivity index (χ0) is 13.1. The van der Waals surface area contributed by atoms with Crippen molar-refractivity contribution in [1.29, 1.82) is 0 Å². The smallest absolute Gasteiger partial charge is 0.127 e. The number of hydrogen-bond acceptors (Lipinski definition) is 1. The molecular weight excluding hydrogens is 234 g/mol. The summed E-state index contributed by atoms with van der Waals surface area (Å²) in [6.07, 6.45) is 2.99. The Morgan fingerprint density at radius 1 is 0.947 bits per heavy atom. The SMILES string of the molecule is CCCOc1ccccc1-c1cccc2[nH]ccc12. The van der Waals surface area contributed by atoms with Crippen LogP contribution < -0.4 is 4.74 Å². The van der Waals surface area contributed by atoms with E-state index in [9.17, 15) is 0 Å². The monoisotopic (exact) mass is 251 g/mol. The van der Waals surface area contributed by atoms with Crippen LogP contribution in [0.1, 0.15) is 13.3 Å². The number of aromatic nitrogens is 1. The van der Waals surface area contributed by atoms with E-state index in [0.29, 0.717) is 0 Å². The van der Waals surface area contributed by atoms with E-state index < -0.39 is 0 Å². The van der Waals surface area contributed by atoms with Gasteiger partial charge in [0.1, 0.15) is 5.75 Å². The van der Waals surface area contributed by atoms with Gasteiger partial charge in [-0.1, -0.05) is 37.3 Å². The highest BCUT2D eigenvalue weighted by molar-refractivity contribution is 5.96. The second kappa shape index (κ2) is 5.19. The minimum atomic E-state index is 0.750. The molecule has 0 radical (unpaired) electrons. The van der Waals surface area contributed by atoms with Crippen LogP contribution in [0.5, 0.6) is 5.75 Å². The summed E-state index contributed by atoms with van der Waals surface area (Å²) < 4.78 is 5.86. The van der Waals surface area contributed by atoms with Gasteiger partial charge in [-0.25, -0.2) is 0 Å². The molecule has 0 aliphatic carbocycles. The summed E-state index contributed by atoms with van der Waals surface area (Å²) in [7, 11) is 0. The van der Waals surface area contributed by atoms with Crippen molar-refractivity contribution in [3.63, 3.8) is 0 Å². The first-order valence-electron chi connectivity index (χ1n) is 6.68. The van der Waals surface area contributed by atoms with Crippen molar-refractivity contribution in [2.24, 2.45) is 0 Å². The molecule has 1 N–H and O–H groups in total. The predicted molar refractivity (Wildman–Crippen MR) is 79.5 cm³/mol. The second-order valence-corrected chi connectivity index (χ2v) is 4.59. The van der Waals surface area contributed by atoms with Gasteiger partial charge in [0.2, 0.25) is 0 Å². The van der Waals surface area contributed by atoms with E-state index in [0.717, 1.165) is 29.9 Å². The van der Waals surface area contributed by atoms with Crippen LogP contribution in [0.2, 0.25) is 0 Å². The summed E-state index contributed by atoms with van der Waals surface area (Å²) in [6.45, 7) is 2.87. The average Bonchev–Trinajstić information content (AvgIpc) is 2.94. The Hall–Kier alpha value is -2.22. The minimum absolute atomic E-state index is 0.750. The van der Waals surface area contributed by atoms with Crippen molar-refractivity contribution >= 4 is 10.9 Å².